The second kappa shape index (κ2) is 10.2. The first kappa shape index (κ1) is 21.7. The average molecular weight is 427 g/mol. The number of hydrogen-bond donors (Lipinski definition) is 1. The minimum atomic E-state index is -0.162. The molecular formula is C23H34N6O2. The summed E-state index contributed by atoms with van der Waals surface area (Å²) in [5.41, 5.74) is 1.11. The van der Waals surface area contributed by atoms with Crippen molar-refractivity contribution in [1.29, 1.82) is 0 Å². The average Bonchev–Trinajstić information content (AvgIpc) is 3.08. The number of rotatable bonds is 6. The Morgan fingerprint density at radius 2 is 1.97 bits per heavy atom. The van der Waals surface area contributed by atoms with Crippen LogP contribution in [0.5, 0.6) is 0 Å². The number of likely N-dealkylation sites (tertiary alicyclic amines) is 1. The Labute approximate surface area is 183 Å². The maximum atomic E-state index is 12.9. The Kier molecular flexibility index (Phi) is 7.17. The molecule has 168 valence electrons. The molecule has 1 unspecified atom stereocenters. The molecule has 2 aliphatic rings. The van der Waals surface area contributed by atoms with Gasteiger partial charge in [0.25, 0.3) is 5.56 Å². The molecule has 4 heterocycles. The second-order valence-corrected chi connectivity index (χ2v) is 8.83. The number of aromatic nitrogens is 3. The molecular weight excluding hydrogens is 392 g/mol. The van der Waals surface area contributed by atoms with Crippen molar-refractivity contribution >= 4 is 22.9 Å². The molecule has 8 nitrogen and oxygen atoms in total. The number of hydrogen-bond acceptors (Lipinski definition) is 6. The van der Waals surface area contributed by atoms with E-state index in [1.165, 1.54) is 38.8 Å². The predicted molar refractivity (Wildman–Crippen MR) is 122 cm³/mol. The van der Waals surface area contributed by atoms with Crippen LogP contribution in [0.3, 0.4) is 0 Å². The van der Waals surface area contributed by atoms with E-state index < -0.39 is 0 Å². The molecule has 2 aliphatic heterocycles. The molecule has 0 aliphatic carbocycles. The zero-order valence-corrected chi connectivity index (χ0v) is 18.6. The molecule has 4 rings (SSSR count). The molecule has 2 aromatic heterocycles. The first-order chi connectivity index (χ1) is 15.1. The minimum absolute atomic E-state index is 0.0971. The van der Waals surface area contributed by atoms with E-state index in [0.717, 1.165) is 32.4 Å². The van der Waals surface area contributed by atoms with Crippen LogP contribution >= 0.6 is 0 Å². The monoisotopic (exact) mass is 426 g/mol. The molecule has 1 amide bonds. The molecule has 0 aromatic carbocycles. The van der Waals surface area contributed by atoms with Crippen LogP contribution in [0.15, 0.2) is 23.1 Å². The number of piperidine rings is 1. The lowest BCUT2D eigenvalue weighted by Gasteiger charge is -2.32. The molecule has 1 atom stereocenters. The fourth-order valence-electron chi connectivity index (χ4n) is 4.75. The summed E-state index contributed by atoms with van der Waals surface area (Å²) in [5, 5.41) is 3.13. The smallest absolute Gasteiger partial charge is 0.294 e. The number of fused-ring (bicyclic) bond motifs is 1. The number of pyridine rings is 1. The Balaban J connectivity index is 1.33. The summed E-state index contributed by atoms with van der Waals surface area (Å²) in [6, 6.07) is 3.69. The van der Waals surface area contributed by atoms with Gasteiger partial charge in [-0.1, -0.05) is 12.8 Å². The summed E-state index contributed by atoms with van der Waals surface area (Å²) in [6.45, 7) is 5.43. The van der Waals surface area contributed by atoms with Crippen LogP contribution in [-0.4, -0.2) is 64.6 Å². The summed E-state index contributed by atoms with van der Waals surface area (Å²) in [6.07, 6.45) is 9.66. The highest BCUT2D eigenvalue weighted by molar-refractivity contribution is 5.79. The van der Waals surface area contributed by atoms with Crippen molar-refractivity contribution < 1.29 is 4.79 Å². The molecule has 1 N–H and O–H groups in total. The molecule has 31 heavy (non-hydrogen) atoms. The minimum Gasteiger partial charge on any atom is -0.356 e. The SMILES string of the molecule is Cn1c(=O)c(N2CCCC(C(=O)NCCCN3CCCCCC3)C2)nc2cccnc21. The number of carbonyl (C=O) groups is 1. The van der Waals surface area contributed by atoms with E-state index in [-0.39, 0.29) is 17.4 Å². The predicted octanol–water partition coefficient (Wildman–Crippen LogP) is 1.93. The van der Waals surface area contributed by atoms with Gasteiger partial charge in [0.05, 0.1) is 5.92 Å². The molecule has 0 spiro atoms. The van der Waals surface area contributed by atoms with E-state index in [2.05, 4.69) is 20.2 Å². The van der Waals surface area contributed by atoms with Crippen LogP contribution in [-0.2, 0) is 11.8 Å². The molecule has 8 heteroatoms. The van der Waals surface area contributed by atoms with E-state index in [1.807, 2.05) is 17.0 Å². The lowest BCUT2D eigenvalue weighted by atomic mass is 9.97. The Bertz CT molecular complexity index is 951. The van der Waals surface area contributed by atoms with Crippen LogP contribution in [0, 0.1) is 5.92 Å². The highest BCUT2D eigenvalue weighted by Crippen LogP contribution is 2.21. The largest absolute Gasteiger partial charge is 0.356 e. The summed E-state index contributed by atoms with van der Waals surface area (Å²) < 4.78 is 1.55. The first-order valence-corrected chi connectivity index (χ1v) is 11.7. The number of nitrogens with one attached hydrogen (secondary N) is 1. The van der Waals surface area contributed by atoms with Crippen LogP contribution in [0.25, 0.3) is 11.2 Å². The van der Waals surface area contributed by atoms with Crippen molar-refractivity contribution in [3.8, 4) is 0 Å². The van der Waals surface area contributed by atoms with Gasteiger partial charge in [-0.15, -0.1) is 0 Å². The zero-order valence-electron chi connectivity index (χ0n) is 18.6. The maximum Gasteiger partial charge on any atom is 0.294 e. The van der Waals surface area contributed by atoms with Gasteiger partial charge in [0.15, 0.2) is 11.5 Å². The van der Waals surface area contributed by atoms with Crippen molar-refractivity contribution in [2.75, 3.05) is 44.2 Å². The Morgan fingerprint density at radius 3 is 2.77 bits per heavy atom. The lowest BCUT2D eigenvalue weighted by molar-refractivity contribution is -0.125. The maximum absolute atomic E-state index is 12.9. The molecule has 2 fully saturated rings. The third-order valence-corrected chi connectivity index (χ3v) is 6.55. The summed E-state index contributed by atoms with van der Waals surface area (Å²) in [5.74, 6) is 0.407. The summed E-state index contributed by atoms with van der Waals surface area (Å²) >= 11 is 0. The number of amides is 1. The van der Waals surface area contributed by atoms with E-state index in [1.54, 1.807) is 17.8 Å². The molecule has 0 bridgehead atoms. The molecule has 0 radical (unpaired) electrons. The molecule has 2 saturated heterocycles. The number of anilines is 1. The van der Waals surface area contributed by atoms with Crippen molar-refractivity contribution in [1.82, 2.24) is 24.8 Å². The second-order valence-electron chi connectivity index (χ2n) is 8.83. The van der Waals surface area contributed by atoms with Gasteiger partial charge in [0.2, 0.25) is 5.91 Å². The quantitative estimate of drug-likeness (QED) is 0.711. The fraction of sp³-hybridized carbons (Fsp3) is 0.652. The summed E-state index contributed by atoms with van der Waals surface area (Å²) in [7, 11) is 1.72. The normalized spacial score (nSPS) is 20.5. The standard InChI is InChI=1S/C23H34N6O2/c1-27-20-19(10-6-11-24-20)26-21(23(27)31)29-16-7-9-18(17-29)22(30)25-12-8-15-28-13-4-2-3-5-14-28/h6,10-11,18H,2-5,7-9,12-17H2,1H3,(H,25,30). The lowest BCUT2D eigenvalue weighted by Crippen LogP contribution is -2.46. The van der Waals surface area contributed by atoms with E-state index in [4.69, 9.17) is 0 Å². The van der Waals surface area contributed by atoms with Gasteiger partial charge < -0.3 is 15.1 Å². The number of aryl methyl sites for hydroxylation is 1. The van der Waals surface area contributed by atoms with Gasteiger partial charge in [-0.3, -0.25) is 14.2 Å². The van der Waals surface area contributed by atoms with Gasteiger partial charge in [-0.2, -0.15) is 0 Å². The summed E-state index contributed by atoms with van der Waals surface area (Å²) in [4.78, 5) is 39.0. The van der Waals surface area contributed by atoms with Crippen LogP contribution in [0.2, 0.25) is 0 Å². The Hall–Kier alpha value is -2.48. The van der Waals surface area contributed by atoms with Crippen molar-refractivity contribution in [3.05, 3.63) is 28.7 Å². The third-order valence-electron chi connectivity index (χ3n) is 6.55. The number of nitrogens with zero attached hydrogens (tertiary/aromatic N) is 5. The van der Waals surface area contributed by atoms with E-state index in [0.29, 0.717) is 30.1 Å². The third kappa shape index (κ3) is 5.23. The number of carbonyl (C=O) groups excluding carboxylic acids is 1. The van der Waals surface area contributed by atoms with Gasteiger partial charge in [0, 0.05) is 32.9 Å². The first-order valence-electron chi connectivity index (χ1n) is 11.7. The van der Waals surface area contributed by atoms with Crippen molar-refractivity contribution in [2.45, 2.75) is 44.9 Å². The molecule has 2 aromatic rings. The highest BCUT2D eigenvalue weighted by Gasteiger charge is 2.28. The van der Waals surface area contributed by atoms with Gasteiger partial charge >= 0.3 is 0 Å². The van der Waals surface area contributed by atoms with E-state index >= 15 is 0 Å². The van der Waals surface area contributed by atoms with Crippen molar-refractivity contribution in [3.63, 3.8) is 0 Å². The Morgan fingerprint density at radius 1 is 1.16 bits per heavy atom. The van der Waals surface area contributed by atoms with Crippen molar-refractivity contribution in [2.24, 2.45) is 13.0 Å². The molecule has 0 saturated carbocycles. The fourth-order valence-corrected chi connectivity index (χ4v) is 4.75. The van der Waals surface area contributed by atoms with Crippen LogP contribution in [0.1, 0.15) is 44.9 Å². The van der Waals surface area contributed by atoms with Gasteiger partial charge in [-0.25, -0.2) is 9.97 Å². The highest BCUT2D eigenvalue weighted by atomic mass is 16.2. The zero-order chi connectivity index (χ0) is 21.6. The van der Waals surface area contributed by atoms with Crippen LogP contribution < -0.4 is 15.8 Å². The van der Waals surface area contributed by atoms with E-state index in [9.17, 15) is 9.59 Å². The van der Waals surface area contributed by atoms with Gasteiger partial charge in [0.1, 0.15) is 5.52 Å². The van der Waals surface area contributed by atoms with Gasteiger partial charge in [-0.05, 0) is 63.9 Å². The van der Waals surface area contributed by atoms with Crippen LogP contribution in [0.4, 0.5) is 5.82 Å². The topological polar surface area (TPSA) is 83.4 Å².